The van der Waals surface area contributed by atoms with Crippen LogP contribution in [0.4, 0.5) is 52.2 Å². The molecule has 228 valence electrons. The van der Waals surface area contributed by atoms with E-state index in [4.69, 9.17) is 0 Å². The number of carboxylic acids is 1. The van der Waals surface area contributed by atoms with Crippen LogP contribution < -0.4 is 14.5 Å². The molecule has 1 atom stereocenters. The van der Waals surface area contributed by atoms with Crippen molar-refractivity contribution in [1.82, 2.24) is 4.90 Å². The Hall–Kier alpha value is -4.56. The highest BCUT2D eigenvalue weighted by atomic mass is 19.4. The molecule has 0 radical (unpaired) electrons. The van der Waals surface area contributed by atoms with Gasteiger partial charge in [-0.05, 0) is 36.4 Å². The van der Waals surface area contributed by atoms with Crippen LogP contribution in [0.2, 0.25) is 0 Å². The first-order valence-electron chi connectivity index (χ1n) is 12.8. The molecule has 0 saturated carbocycles. The molecule has 7 nitrogen and oxygen atoms in total. The van der Waals surface area contributed by atoms with Crippen molar-refractivity contribution in [2.45, 2.75) is 25.0 Å². The SMILES string of the molecule is O=C(O)CC1c2cccc(F)c2N=C(N2CCN(c3cccc(OC(F)(F)F)c3)CC2)N1c1cc(C(F)(F)F)ccc1F. The Kier molecular flexibility index (Phi) is 7.84. The second kappa shape index (κ2) is 11.3. The Bertz CT molecular complexity index is 1550. The van der Waals surface area contributed by atoms with Crippen molar-refractivity contribution >= 4 is 29.0 Å². The van der Waals surface area contributed by atoms with Gasteiger partial charge in [0.25, 0.3) is 0 Å². The minimum Gasteiger partial charge on any atom is -0.481 e. The quantitative estimate of drug-likeness (QED) is 0.322. The summed E-state index contributed by atoms with van der Waals surface area (Å²) in [6.45, 7) is 0.482. The molecule has 5 rings (SSSR count). The Balaban J connectivity index is 1.53. The Morgan fingerprint density at radius 2 is 1.56 bits per heavy atom. The second-order valence-electron chi connectivity index (χ2n) is 9.76. The van der Waals surface area contributed by atoms with Gasteiger partial charge in [-0.3, -0.25) is 4.79 Å². The molecule has 3 aromatic carbocycles. The molecule has 0 aliphatic carbocycles. The number of anilines is 2. The van der Waals surface area contributed by atoms with Gasteiger partial charge in [-0.1, -0.05) is 18.2 Å². The van der Waals surface area contributed by atoms with Gasteiger partial charge in [0.05, 0.1) is 23.7 Å². The number of fused-ring (bicyclic) bond motifs is 1. The summed E-state index contributed by atoms with van der Waals surface area (Å²) in [7, 11) is 0. The highest BCUT2D eigenvalue weighted by Gasteiger charge is 2.40. The molecule has 0 spiro atoms. The lowest BCUT2D eigenvalue weighted by Crippen LogP contribution is -2.55. The summed E-state index contributed by atoms with van der Waals surface area (Å²) < 4.78 is 113. The average Bonchev–Trinajstić information content (AvgIpc) is 2.92. The van der Waals surface area contributed by atoms with Crippen LogP contribution in [0.15, 0.2) is 65.7 Å². The molecule has 1 saturated heterocycles. The smallest absolute Gasteiger partial charge is 0.481 e. The number of para-hydroxylation sites is 1. The molecule has 1 N–H and O–H groups in total. The average molecular weight is 614 g/mol. The molecular formula is C28H22F8N4O3. The van der Waals surface area contributed by atoms with E-state index >= 15 is 4.39 Å². The zero-order valence-electron chi connectivity index (χ0n) is 22.0. The molecule has 0 bridgehead atoms. The first-order valence-corrected chi connectivity index (χ1v) is 12.8. The Morgan fingerprint density at radius 1 is 0.884 bits per heavy atom. The molecule has 1 fully saturated rings. The van der Waals surface area contributed by atoms with Crippen molar-refractivity contribution in [2.75, 3.05) is 36.0 Å². The first-order chi connectivity index (χ1) is 20.2. The molecule has 43 heavy (non-hydrogen) atoms. The predicted molar refractivity (Wildman–Crippen MR) is 139 cm³/mol. The molecule has 1 unspecified atom stereocenters. The summed E-state index contributed by atoms with van der Waals surface area (Å²) >= 11 is 0. The summed E-state index contributed by atoms with van der Waals surface area (Å²) in [5, 5.41) is 9.69. The largest absolute Gasteiger partial charge is 0.573 e. The van der Waals surface area contributed by atoms with Crippen LogP contribution >= 0.6 is 0 Å². The Labute approximate surface area is 239 Å². The lowest BCUT2D eigenvalue weighted by Gasteiger charge is -2.45. The van der Waals surface area contributed by atoms with E-state index in [0.717, 1.165) is 17.0 Å². The number of alkyl halides is 6. The van der Waals surface area contributed by atoms with Crippen molar-refractivity contribution in [3.05, 3.63) is 83.4 Å². The van der Waals surface area contributed by atoms with E-state index in [1.165, 1.54) is 29.2 Å². The summed E-state index contributed by atoms with van der Waals surface area (Å²) in [6.07, 6.45) is -10.5. The zero-order valence-corrected chi connectivity index (χ0v) is 22.0. The number of halogens is 8. The third-order valence-corrected chi connectivity index (χ3v) is 7.00. The minimum atomic E-state index is -4.89. The van der Waals surface area contributed by atoms with Crippen molar-refractivity contribution in [1.29, 1.82) is 0 Å². The number of carboxylic acid groups (broad SMARTS) is 1. The molecule has 3 aromatic rings. The Morgan fingerprint density at radius 3 is 2.21 bits per heavy atom. The molecule has 0 amide bonds. The third-order valence-electron chi connectivity index (χ3n) is 7.00. The highest BCUT2D eigenvalue weighted by Crippen LogP contribution is 2.44. The van der Waals surface area contributed by atoms with Gasteiger partial charge >= 0.3 is 18.5 Å². The molecule has 2 aliphatic heterocycles. The van der Waals surface area contributed by atoms with Crippen LogP contribution in [0.1, 0.15) is 23.6 Å². The van der Waals surface area contributed by atoms with Crippen molar-refractivity contribution in [3.63, 3.8) is 0 Å². The number of nitrogens with zero attached hydrogens (tertiary/aromatic N) is 4. The molecule has 2 heterocycles. The van der Waals surface area contributed by atoms with Gasteiger partial charge in [-0.25, -0.2) is 13.8 Å². The van der Waals surface area contributed by atoms with Crippen molar-refractivity contribution < 1.29 is 49.8 Å². The number of hydrogen-bond donors (Lipinski definition) is 1. The number of hydrogen-bond acceptors (Lipinski definition) is 6. The van der Waals surface area contributed by atoms with Gasteiger partial charge in [0, 0.05) is 43.5 Å². The number of carbonyl (C=O) groups is 1. The second-order valence-corrected chi connectivity index (χ2v) is 9.76. The van der Waals surface area contributed by atoms with Gasteiger partial charge < -0.3 is 24.5 Å². The van der Waals surface area contributed by atoms with Crippen LogP contribution in [0.25, 0.3) is 0 Å². The van der Waals surface area contributed by atoms with Gasteiger partial charge in [0.2, 0.25) is 5.96 Å². The van der Waals surface area contributed by atoms with Gasteiger partial charge in [0.15, 0.2) is 0 Å². The minimum absolute atomic E-state index is 0.0445. The maximum Gasteiger partial charge on any atom is 0.573 e. The number of ether oxygens (including phenoxy) is 1. The van der Waals surface area contributed by atoms with Gasteiger partial charge in [-0.15, -0.1) is 13.2 Å². The molecule has 2 aliphatic rings. The number of guanidine groups is 1. The highest BCUT2D eigenvalue weighted by molar-refractivity contribution is 6.01. The normalized spacial score (nSPS) is 17.4. The van der Waals surface area contributed by atoms with Gasteiger partial charge in [-0.2, -0.15) is 13.2 Å². The summed E-state index contributed by atoms with van der Waals surface area (Å²) in [4.78, 5) is 20.6. The zero-order chi connectivity index (χ0) is 31.1. The van der Waals surface area contributed by atoms with Crippen LogP contribution in [0.5, 0.6) is 5.75 Å². The maximum absolute atomic E-state index is 15.3. The van der Waals surface area contributed by atoms with Crippen LogP contribution in [-0.4, -0.2) is 54.5 Å². The first kappa shape index (κ1) is 29.9. The topological polar surface area (TPSA) is 68.6 Å². The van der Waals surface area contributed by atoms with Crippen molar-refractivity contribution in [3.8, 4) is 5.75 Å². The summed E-state index contributed by atoms with van der Waals surface area (Å²) in [5.74, 6) is -3.87. The fraction of sp³-hybridized carbons (Fsp3) is 0.286. The monoisotopic (exact) mass is 614 g/mol. The van der Waals surface area contributed by atoms with E-state index in [9.17, 15) is 40.6 Å². The van der Waals surface area contributed by atoms with E-state index in [1.807, 2.05) is 0 Å². The van der Waals surface area contributed by atoms with E-state index in [2.05, 4.69) is 9.73 Å². The number of benzene rings is 3. The summed E-state index contributed by atoms with van der Waals surface area (Å²) in [5.41, 5.74) is -1.58. The fourth-order valence-electron chi connectivity index (χ4n) is 5.13. The lowest BCUT2D eigenvalue weighted by molar-refractivity contribution is -0.274. The third kappa shape index (κ3) is 6.44. The standard InChI is InChI=1S/C28H22F8N4O3/c29-20-8-7-16(27(31,32)33)13-23(20)40-22(15-24(41)42)19-5-2-6-21(30)25(19)37-26(40)39-11-9-38(10-12-39)17-3-1-4-18(14-17)43-28(34,35)36/h1-8,13-14,22H,9-12,15H2,(H,41,42). The number of piperazine rings is 1. The maximum atomic E-state index is 15.3. The lowest BCUT2D eigenvalue weighted by atomic mass is 9.96. The molecule has 15 heteroatoms. The number of rotatable bonds is 5. The van der Waals surface area contributed by atoms with Gasteiger partial charge in [0.1, 0.15) is 23.1 Å². The van der Waals surface area contributed by atoms with E-state index in [1.54, 1.807) is 11.0 Å². The number of aliphatic imine (C=N–C) groups is 1. The van der Waals surface area contributed by atoms with Crippen LogP contribution in [0, 0.1) is 11.6 Å². The molecular weight excluding hydrogens is 592 g/mol. The van der Waals surface area contributed by atoms with E-state index in [-0.39, 0.29) is 43.4 Å². The van der Waals surface area contributed by atoms with E-state index < -0.39 is 59.6 Å². The van der Waals surface area contributed by atoms with Crippen LogP contribution in [-0.2, 0) is 11.0 Å². The predicted octanol–water partition coefficient (Wildman–Crippen LogP) is 6.73. The summed E-state index contributed by atoms with van der Waals surface area (Å²) in [6, 6.07) is 9.41. The van der Waals surface area contributed by atoms with E-state index in [0.29, 0.717) is 23.9 Å². The van der Waals surface area contributed by atoms with Crippen molar-refractivity contribution in [2.24, 2.45) is 4.99 Å². The number of aliphatic carboxylic acids is 1. The fourth-order valence-corrected chi connectivity index (χ4v) is 5.13. The molecule has 0 aromatic heterocycles. The van der Waals surface area contributed by atoms with Crippen LogP contribution in [0.3, 0.4) is 0 Å².